The highest BCUT2D eigenvalue weighted by molar-refractivity contribution is 7.99. The number of carbonyl (C=O) groups is 1. The van der Waals surface area contributed by atoms with Crippen molar-refractivity contribution < 1.29 is 4.79 Å². The van der Waals surface area contributed by atoms with E-state index >= 15 is 0 Å². The van der Waals surface area contributed by atoms with Crippen LogP contribution in [0.1, 0.15) is 20.8 Å². The number of nitrogens with zero attached hydrogens (tertiary/aromatic N) is 2. The summed E-state index contributed by atoms with van der Waals surface area (Å²) in [4.78, 5) is 31.7. The van der Waals surface area contributed by atoms with Crippen molar-refractivity contribution in [3.63, 3.8) is 0 Å². The summed E-state index contributed by atoms with van der Waals surface area (Å²) in [5, 5.41) is 8.06. The first-order valence-corrected chi connectivity index (χ1v) is 11.2. The van der Waals surface area contributed by atoms with Gasteiger partial charge in [0.05, 0.1) is 11.1 Å². The van der Waals surface area contributed by atoms with E-state index in [1.54, 1.807) is 22.0 Å². The lowest BCUT2D eigenvalue weighted by Crippen LogP contribution is -2.41. The van der Waals surface area contributed by atoms with Crippen LogP contribution in [0.5, 0.6) is 0 Å². The second-order valence-corrected chi connectivity index (χ2v) is 9.74. The van der Waals surface area contributed by atoms with Gasteiger partial charge in [-0.15, -0.1) is 29.3 Å². The molecular weight excluding hydrogens is 398 g/mol. The van der Waals surface area contributed by atoms with E-state index in [4.69, 9.17) is 0 Å². The first-order valence-electron chi connectivity index (χ1n) is 8.41. The fraction of sp³-hybridized carbons (Fsp3) is 0.316. The van der Waals surface area contributed by atoms with Gasteiger partial charge in [0.1, 0.15) is 4.83 Å². The Hall–Kier alpha value is -1.90. The molecule has 1 N–H and O–H groups in total. The molecule has 0 radical (unpaired) electrons. The number of nitrogens with one attached hydrogen (secondary N) is 1. The molecule has 0 saturated carbocycles. The smallest absolute Gasteiger partial charge is 0.263 e. The van der Waals surface area contributed by atoms with E-state index in [0.29, 0.717) is 21.9 Å². The molecule has 0 spiro atoms. The zero-order valence-electron chi connectivity index (χ0n) is 15.4. The fourth-order valence-corrected chi connectivity index (χ4v) is 5.21. The lowest BCUT2D eigenvalue weighted by Gasteiger charge is -2.20. The van der Waals surface area contributed by atoms with E-state index in [9.17, 15) is 9.59 Å². The Morgan fingerprint density at radius 2 is 2.19 bits per heavy atom. The molecule has 0 aromatic carbocycles. The summed E-state index contributed by atoms with van der Waals surface area (Å²) in [6.45, 7) is 9.91. The van der Waals surface area contributed by atoms with Crippen LogP contribution in [-0.2, 0) is 11.3 Å². The monoisotopic (exact) mass is 419 g/mol. The number of amides is 1. The quantitative estimate of drug-likeness (QED) is 0.366. The molecule has 8 heteroatoms. The van der Waals surface area contributed by atoms with Gasteiger partial charge < -0.3 is 5.32 Å². The maximum atomic E-state index is 13.2. The van der Waals surface area contributed by atoms with Crippen LogP contribution in [0.3, 0.4) is 0 Å². The molecule has 0 fully saturated rings. The van der Waals surface area contributed by atoms with E-state index in [1.165, 1.54) is 23.1 Å². The molecule has 3 aromatic rings. The topological polar surface area (TPSA) is 64.0 Å². The average Bonchev–Trinajstić information content (AvgIpc) is 3.23. The lowest BCUT2D eigenvalue weighted by atomic mass is 10.1. The van der Waals surface area contributed by atoms with E-state index in [0.717, 1.165) is 10.4 Å². The van der Waals surface area contributed by atoms with Gasteiger partial charge in [0.2, 0.25) is 5.91 Å². The summed E-state index contributed by atoms with van der Waals surface area (Å²) in [7, 11) is 0. The molecule has 3 aromatic heterocycles. The minimum absolute atomic E-state index is 0.0857. The molecule has 1 amide bonds. The van der Waals surface area contributed by atoms with Crippen LogP contribution in [0, 0.1) is 0 Å². The average molecular weight is 420 g/mol. The zero-order chi connectivity index (χ0) is 19.6. The van der Waals surface area contributed by atoms with Crippen molar-refractivity contribution in [2.75, 3.05) is 5.75 Å². The zero-order valence-corrected chi connectivity index (χ0v) is 17.9. The van der Waals surface area contributed by atoms with Crippen LogP contribution in [0.4, 0.5) is 0 Å². The number of thiophene rings is 2. The number of thioether (sulfide) groups is 1. The number of carbonyl (C=O) groups excluding carboxylic acids is 1. The summed E-state index contributed by atoms with van der Waals surface area (Å²) < 4.78 is 1.59. The molecule has 0 saturated heterocycles. The standard InChI is InChI=1S/C19H21N3O2S3/c1-5-8-22-17(24)15-12(13-7-6-9-25-13)10-26-16(15)20-18(22)27-11-14(23)21-19(2,3)4/h5-7,9-10H,1,8,11H2,2-4H3,(H,21,23). The third kappa shape index (κ3) is 4.51. The molecule has 3 rings (SSSR count). The van der Waals surface area contributed by atoms with Crippen LogP contribution in [0.2, 0.25) is 0 Å². The van der Waals surface area contributed by atoms with Gasteiger partial charge in [-0.3, -0.25) is 14.2 Å². The number of aromatic nitrogens is 2. The van der Waals surface area contributed by atoms with Crippen molar-refractivity contribution >= 4 is 50.6 Å². The van der Waals surface area contributed by atoms with Crippen LogP contribution >= 0.6 is 34.4 Å². The number of hydrogen-bond donors (Lipinski definition) is 1. The van der Waals surface area contributed by atoms with Gasteiger partial charge in [-0.2, -0.15) is 0 Å². The number of rotatable bonds is 6. The number of hydrogen-bond acceptors (Lipinski definition) is 6. The summed E-state index contributed by atoms with van der Waals surface area (Å²) in [5.41, 5.74) is 0.532. The van der Waals surface area contributed by atoms with Gasteiger partial charge in [0, 0.05) is 27.9 Å². The highest BCUT2D eigenvalue weighted by Gasteiger charge is 2.19. The number of allylic oxidation sites excluding steroid dienone is 1. The molecule has 5 nitrogen and oxygen atoms in total. The highest BCUT2D eigenvalue weighted by Crippen LogP contribution is 2.34. The first-order chi connectivity index (χ1) is 12.8. The van der Waals surface area contributed by atoms with Crippen molar-refractivity contribution in [3.8, 4) is 10.4 Å². The summed E-state index contributed by atoms with van der Waals surface area (Å²) in [6, 6.07) is 3.97. The van der Waals surface area contributed by atoms with Gasteiger partial charge in [-0.1, -0.05) is 23.9 Å². The Labute approximate surface area is 170 Å². The van der Waals surface area contributed by atoms with Crippen LogP contribution in [0.15, 0.2) is 45.5 Å². The third-order valence-electron chi connectivity index (χ3n) is 3.60. The molecular formula is C19H21N3O2S3. The van der Waals surface area contributed by atoms with Crippen molar-refractivity contribution in [1.29, 1.82) is 0 Å². The van der Waals surface area contributed by atoms with E-state index < -0.39 is 0 Å². The molecule has 0 unspecified atom stereocenters. The maximum Gasteiger partial charge on any atom is 0.263 e. The normalized spacial score (nSPS) is 11.7. The largest absolute Gasteiger partial charge is 0.351 e. The minimum atomic E-state index is -0.292. The Morgan fingerprint density at radius 1 is 1.41 bits per heavy atom. The van der Waals surface area contributed by atoms with Crippen molar-refractivity contribution in [2.45, 2.75) is 38.0 Å². The lowest BCUT2D eigenvalue weighted by molar-refractivity contribution is -0.119. The molecule has 3 heterocycles. The number of fused-ring (bicyclic) bond motifs is 1. The van der Waals surface area contributed by atoms with Gasteiger partial charge in [0.15, 0.2) is 5.16 Å². The van der Waals surface area contributed by atoms with Gasteiger partial charge in [-0.05, 0) is 32.2 Å². The second kappa shape index (κ2) is 8.00. The van der Waals surface area contributed by atoms with Crippen molar-refractivity contribution in [1.82, 2.24) is 14.9 Å². The van der Waals surface area contributed by atoms with Gasteiger partial charge >= 0.3 is 0 Å². The summed E-state index contributed by atoms with van der Waals surface area (Å²) >= 11 is 4.33. The molecule has 0 aliphatic carbocycles. The fourth-order valence-electron chi connectivity index (χ4n) is 2.60. The van der Waals surface area contributed by atoms with Crippen LogP contribution in [0.25, 0.3) is 20.7 Å². The summed E-state index contributed by atoms with van der Waals surface area (Å²) in [6.07, 6.45) is 1.67. The van der Waals surface area contributed by atoms with Gasteiger partial charge in [-0.25, -0.2) is 4.98 Å². The molecule has 0 bridgehead atoms. The second-order valence-electron chi connectivity index (χ2n) is 6.99. The Kier molecular flexibility index (Phi) is 5.88. The Balaban J connectivity index is 1.98. The predicted octanol–water partition coefficient (Wildman–Crippen LogP) is 4.38. The Morgan fingerprint density at radius 3 is 2.81 bits per heavy atom. The minimum Gasteiger partial charge on any atom is -0.351 e. The maximum absolute atomic E-state index is 13.2. The molecule has 0 aliphatic rings. The summed E-state index contributed by atoms with van der Waals surface area (Å²) in [5.74, 6) is 0.118. The molecule has 0 aliphatic heterocycles. The van der Waals surface area contributed by atoms with Gasteiger partial charge in [0.25, 0.3) is 5.56 Å². The van der Waals surface area contributed by atoms with E-state index in [-0.39, 0.29) is 22.8 Å². The third-order valence-corrected chi connectivity index (χ3v) is 6.36. The Bertz CT molecular complexity index is 1030. The van der Waals surface area contributed by atoms with Crippen molar-refractivity contribution in [3.05, 3.63) is 45.9 Å². The molecule has 0 atom stereocenters. The molecule has 27 heavy (non-hydrogen) atoms. The predicted molar refractivity (Wildman–Crippen MR) is 116 cm³/mol. The van der Waals surface area contributed by atoms with E-state index in [1.807, 2.05) is 43.7 Å². The van der Waals surface area contributed by atoms with Crippen LogP contribution in [-0.4, -0.2) is 26.8 Å². The van der Waals surface area contributed by atoms with E-state index in [2.05, 4.69) is 16.9 Å². The first kappa shape index (κ1) is 19.9. The van der Waals surface area contributed by atoms with Crippen LogP contribution < -0.4 is 10.9 Å². The SMILES string of the molecule is C=CCn1c(SCC(=O)NC(C)(C)C)nc2scc(-c3cccs3)c2c1=O. The molecule has 142 valence electrons. The highest BCUT2D eigenvalue weighted by atomic mass is 32.2. The van der Waals surface area contributed by atoms with Crippen molar-refractivity contribution in [2.24, 2.45) is 0 Å².